The summed E-state index contributed by atoms with van der Waals surface area (Å²) >= 11 is 0. The molecule has 17 heavy (non-hydrogen) atoms. The van der Waals surface area contributed by atoms with E-state index in [1.807, 2.05) is 0 Å². The van der Waals surface area contributed by atoms with Crippen LogP contribution in [0.15, 0.2) is 12.1 Å². The highest BCUT2D eigenvalue weighted by Gasteiger charge is 2.08. The minimum Gasteiger partial charge on any atom is -0.495 e. The highest BCUT2D eigenvalue weighted by atomic mass is 19.2. The van der Waals surface area contributed by atoms with Gasteiger partial charge in [-0.1, -0.05) is 11.8 Å². The molecule has 0 aromatic heterocycles. The summed E-state index contributed by atoms with van der Waals surface area (Å²) in [7, 11) is 2.56. The fourth-order valence-electron chi connectivity index (χ4n) is 1.08. The number of carbonyl (C=O) groups excluding carboxylic acids is 1. The molecule has 0 aliphatic heterocycles. The van der Waals surface area contributed by atoms with Crippen LogP contribution in [0, 0.1) is 23.5 Å². The monoisotopic (exact) mass is 240 g/mol. The molecule has 0 fully saturated rings. The zero-order valence-corrected chi connectivity index (χ0v) is 9.34. The summed E-state index contributed by atoms with van der Waals surface area (Å²) in [5.41, 5.74) is 0.176. The number of hydrogen-bond acceptors (Lipinski definition) is 3. The molecule has 0 amide bonds. The van der Waals surface area contributed by atoms with E-state index in [9.17, 15) is 13.6 Å². The van der Waals surface area contributed by atoms with Crippen molar-refractivity contribution in [2.45, 2.75) is 6.42 Å². The molecule has 0 aliphatic carbocycles. The molecule has 0 radical (unpaired) electrons. The van der Waals surface area contributed by atoms with Crippen LogP contribution in [0.5, 0.6) is 5.75 Å². The Morgan fingerprint density at radius 3 is 2.53 bits per heavy atom. The van der Waals surface area contributed by atoms with Crippen LogP contribution in [0.25, 0.3) is 0 Å². The number of methoxy groups -OCH3 is 2. The van der Waals surface area contributed by atoms with Gasteiger partial charge in [0.15, 0.2) is 11.6 Å². The van der Waals surface area contributed by atoms with E-state index in [2.05, 4.69) is 16.6 Å². The Hall–Kier alpha value is -2.09. The highest BCUT2D eigenvalue weighted by Crippen LogP contribution is 2.21. The predicted octanol–water partition coefficient (Wildman–Crippen LogP) is 1.89. The Bertz CT molecular complexity index is 487. The van der Waals surface area contributed by atoms with Gasteiger partial charge >= 0.3 is 5.97 Å². The van der Waals surface area contributed by atoms with Crippen LogP contribution >= 0.6 is 0 Å². The van der Waals surface area contributed by atoms with Crippen molar-refractivity contribution in [2.24, 2.45) is 0 Å². The second kappa shape index (κ2) is 5.85. The van der Waals surface area contributed by atoms with E-state index in [0.717, 1.165) is 12.1 Å². The second-order valence-electron chi connectivity index (χ2n) is 3.02. The van der Waals surface area contributed by atoms with Gasteiger partial charge in [0, 0.05) is 6.07 Å². The van der Waals surface area contributed by atoms with Crippen molar-refractivity contribution in [3.8, 4) is 17.6 Å². The summed E-state index contributed by atoms with van der Waals surface area (Å²) in [5.74, 6) is 2.57. The Morgan fingerprint density at radius 1 is 1.29 bits per heavy atom. The summed E-state index contributed by atoms with van der Waals surface area (Å²) in [6.45, 7) is 0. The van der Waals surface area contributed by atoms with Crippen LogP contribution in [0.2, 0.25) is 0 Å². The zero-order valence-electron chi connectivity index (χ0n) is 9.34. The number of hydrogen-bond donors (Lipinski definition) is 0. The molecule has 1 aromatic carbocycles. The molecular formula is C12H10F2O3. The summed E-state index contributed by atoms with van der Waals surface area (Å²) in [6, 6.07) is 1.82. The van der Waals surface area contributed by atoms with E-state index in [1.165, 1.54) is 14.2 Å². The molecule has 0 atom stereocenters. The van der Waals surface area contributed by atoms with E-state index in [-0.39, 0.29) is 17.7 Å². The van der Waals surface area contributed by atoms with Crippen molar-refractivity contribution in [3.63, 3.8) is 0 Å². The molecule has 5 heteroatoms. The van der Waals surface area contributed by atoms with Gasteiger partial charge in [-0.25, -0.2) is 8.78 Å². The maximum absolute atomic E-state index is 13.0. The molecule has 90 valence electrons. The summed E-state index contributed by atoms with van der Waals surface area (Å²) in [5, 5.41) is 0. The standard InChI is InChI=1S/C12H10F2O3/c1-16-11-7-10(14)9(13)6-8(11)4-3-5-12(15)17-2/h6-7H,5H2,1-2H3. The van der Waals surface area contributed by atoms with Crippen LogP contribution < -0.4 is 4.74 Å². The van der Waals surface area contributed by atoms with E-state index < -0.39 is 17.6 Å². The normalized spacial score (nSPS) is 9.18. The second-order valence-corrected chi connectivity index (χ2v) is 3.02. The molecule has 1 rings (SSSR count). The van der Waals surface area contributed by atoms with Crippen LogP contribution in [-0.2, 0) is 9.53 Å². The van der Waals surface area contributed by atoms with Crippen LogP contribution in [0.4, 0.5) is 8.78 Å². The average molecular weight is 240 g/mol. The lowest BCUT2D eigenvalue weighted by Gasteiger charge is -2.03. The average Bonchev–Trinajstić information content (AvgIpc) is 2.32. The first-order valence-electron chi connectivity index (χ1n) is 4.67. The van der Waals surface area contributed by atoms with Gasteiger partial charge in [-0.3, -0.25) is 4.79 Å². The predicted molar refractivity (Wildman–Crippen MR) is 56.4 cm³/mol. The molecule has 0 heterocycles. The third-order valence-electron chi connectivity index (χ3n) is 1.93. The lowest BCUT2D eigenvalue weighted by Crippen LogP contribution is -1.97. The van der Waals surface area contributed by atoms with Crippen molar-refractivity contribution in [1.29, 1.82) is 0 Å². The fourth-order valence-corrected chi connectivity index (χ4v) is 1.08. The fraction of sp³-hybridized carbons (Fsp3) is 0.250. The van der Waals surface area contributed by atoms with Gasteiger partial charge in [0.05, 0.1) is 19.8 Å². The number of ether oxygens (including phenoxy) is 2. The van der Waals surface area contributed by atoms with Crippen LogP contribution in [0.1, 0.15) is 12.0 Å². The lowest BCUT2D eigenvalue weighted by atomic mass is 10.2. The third kappa shape index (κ3) is 3.45. The lowest BCUT2D eigenvalue weighted by molar-refractivity contribution is -0.139. The van der Waals surface area contributed by atoms with Gasteiger partial charge in [-0.05, 0) is 6.07 Å². The minimum absolute atomic E-state index is 0.112. The van der Waals surface area contributed by atoms with E-state index in [1.54, 1.807) is 0 Å². The molecular weight excluding hydrogens is 230 g/mol. The van der Waals surface area contributed by atoms with Gasteiger partial charge < -0.3 is 9.47 Å². The Labute approximate surface area is 97.3 Å². The molecule has 0 N–H and O–H groups in total. The molecule has 1 aromatic rings. The number of rotatable bonds is 2. The van der Waals surface area contributed by atoms with Crippen molar-refractivity contribution >= 4 is 5.97 Å². The largest absolute Gasteiger partial charge is 0.495 e. The minimum atomic E-state index is -1.02. The van der Waals surface area contributed by atoms with Crippen molar-refractivity contribution < 1.29 is 23.0 Å². The third-order valence-corrected chi connectivity index (χ3v) is 1.93. The van der Waals surface area contributed by atoms with Gasteiger partial charge in [0.2, 0.25) is 0 Å². The molecule has 3 nitrogen and oxygen atoms in total. The Morgan fingerprint density at radius 2 is 1.94 bits per heavy atom. The van der Waals surface area contributed by atoms with Crippen molar-refractivity contribution in [1.82, 2.24) is 0 Å². The molecule has 0 aliphatic rings. The number of carbonyl (C=O) groups is 1. The van der Waals surface area contributed by atoms with E-state index >= 15 is 0 Å². The quantitative estimate of drug-likeness (QED) is 0.585. The Kier molecular flexibility index (Phi) is 4.46. The molecule has 0 bridgehead atoms. The van der Waals surface area contributed by atoms with Gasteiger partial charge in [-0.15, -0.1) is 0 Å². The zero-order chi connectivity index (χ0) is 12.8. The smallest absolute Gasteiger partial charge is 0.317 e. The number of halogens is 2. The van der Waals surface area contributed by atoms with Gasteiger partial charge in [0.1, 0.15) is 12.2 Å². The summed E-state index contributed by atoms with van der Waals surface area (Å²) in [4.78, 5) is 10.8. The maximum atomic E-state index is 13.0. The number of esters is 1. The van der Waals surface area contributed by atoms with Crippen LogP contribution in [-0.4, -0.2) is 20.2 Å². The molecule has 0 spiro atoms. The Balaban J connectivity index is 2.97. The van der Waals surface area contributed by atoms with E-state index in [4.69, 9.17) is 4.74 Å². The molecule has 0 saturated carbocycles. The summed E-state index contributed by atoms with van der Waals surface area (Å²) in [6.07, 6.45) is -0.126. The van der Waals surface area contributed by atoms with Crippen LogP contribution in [0.3, 0.4) is 0 Å². The first-order valence-corrected chi connectivity index (χ1v) is 4.67. The highest BCUT2D eigenvalue weighted by molar-refractivity contribution is 5.72. The SMILES string of the molecule is COC(=O)CC#Cc1cc(F)c(F)cc1OC. The first kappa shape index (κ1) is 13.0. The topological polar surface area (TPSA) is 35.5 Å². The maximum Gasteiger partial charge on any atom is 0.317 e. The molecule has 0 saturated heterocycles. The van der Waals surface area contributed by atoms with Gasteiger partial charge in [-0.2, -0.15) is 0 Å². The van der Waals surface area contributed by atoms with Crippen molar-refractivity contribution in [3.05, 3.63) is 29.3 Å². The van der Waals surface area contributed by atoms with Crippen molar-refractivity contribution in [2.75, 3.05) is 14.2 Å². The van der Waals surface area contributed by atoms with E-state index in [0.29, 0.717) is 0 Å². The first-order chi connectivity index (χ1) is 8.08. The van der Waals surface area contributed by atoms with Gasteiger partial charge in [0.25, 0.3) is 0 Å². The summed E-state index contributed by atoms with van der Waals surface area (Å²) < 4.78 is 35.1. The molecule has 0 unspecified atom stereocenters. The number of benzene rings is 1.